The summed E-state index contributed by atoms with van der Waals surface area (Å²) in [6.07, 6.45) is 2.25. The van der Waals surface area contributed by atoms with Gasteiger partial charge < -0.3 is 4.90 Å². The normalized spacial score (nSPS) is 13.9. The van der Waals surface area contributed by atoms with Gasteiger partial charge in [0.2, 0.25) is 5.91 Å². The van der Waals surface area contributed by atoms with Crippen molar-refractivity contribution in [3.63, 3.8) is 0 Å². The van der Waals surface area contributed by atoms with Crippen molar-refractivity contribution in [2.75, 3.05) is 13.6 Å². The molecule has 1 saturated carbocycles. The van der Waals surface area contributed by atoms with Gasteiger partial charge in [-0.1, -0.05) is 41.9 Å². The van der Waals surface area contributed by atoms with Gasteiger partial charge in [0.1, 0.15) is 5.82 Å². The monoisotopic (exact) mass is 360 g/mol. The number of carbonyl (C=O) groups excluding carboxylic acids is 1. The summed E-state index contributed by atoms with van der Waals surface area (Å²) in [4.78, 5) is 16.4. The number of amides is 1. The third-order valence-corrected chi connectivity index (χ3v) is 4.74. The zero-order valence-electron chi connectivity index (χ0n) is 14.3. The van der Waals surface area contributed by atoms with E-state index >= 15 is 0 Å². The molecular formula is C20H22ClFN2O. The van der Waals surface area contributed by atoms with Crippen LogP contribution in [0.15, 0.2) is 48.5 Å². The number of carbonyl (C=O) groups is 1. The summed E-state index contributed by atoms with van der Waals surface area (Å²) in [5, 5.41) is 0.711. The van der Waals surface area contributed by atoms with Crippen LogP contribution >= 0.6 is 11.6 Å². The summed E-state index contributed by atoms with van der Waals surface area (Å²) < 4.78 is 13.8. The maximum atomic E-state index is 13.8. The zero-order valence-corrected chi connectivity index (χ0v) is 15.0. The van der Waals surface area contributed by atoms with E-state index in [1.807, 2.05) is 24.3 Å². The van der Waals surface area contributed by atoms with E-state index in [1.165, 1.54) is 6.07 Å². The summed E-state index contributed by atoms with van der Waals surface area (Å²) in [6.45, 7) is 1.35. The van der Waals surface area contributed by atoms with Crippen molar-refractivity contribution < 1.29 is 9.18 Å². The van der Waals surface area contributed by atoms with Crippen molar-refractivity contribution in [2.24, 2.45) is 0 Å². The van der Waals surface area contributed by atoms with E-state index in [1.54, 1.807) is 30.1 Å². The molecule has 0 saturated heterocycles. The average molecular weight is 361 g/mol. The molecule has 0 spiro atoms. The van der Waals surface area contributed by atoms with Gasteiger partial charge in [-0.25, -0.2) is 4.39 Å². The molecule has 1 aliphatic carbocycles. The molecule has 25 heavy (non-hydrogen) atoms. The highest BCUT2D eigenvalue weighted by Crippen LogP contribution is 2.28. The van der Waals surface area contributed by atoms with E-state index in [4.69, 9.17) is 11.6 Å². The second kappa shape index (κ2) is 7.98. The first kappa shape index (κ1) is 17.9. The van der Waals surface area contributed by atoms with Gasteiger partial charge in [0, 0.05) is 36.8 Å². The van der Waals surface area contributed by atoms with Crippen LogP contribution in [0.25, 0.3) is 0 Å². The Kier molecular flexibility index (Phi) is 5.71. The van der Waals surface area contributed by atoms with Crippen LogP contribution in [0.1, 0.15) is 24.0 Å². The lowest BCUT2D eigenvalue weighted by atomic mass is 10.2. The van der Waals surface area contributed by atoms with Crippen LogP contribution in [-0.4, -0.2) is 35.3 Å². The lowest BCUT2D eigenvalue weighted by Crippen LogP contribution is -2.39. The fraction of sp³-hybridized carbons (Fsp3) is 0.350. The van der Waals surface area contributed by atoms with Gasteiger partial charge in [-0.05, 0) is 36.6 Å². The summed E-state index contributed by atoms with van der Waals surface area (Å²) >= 11 is 5.93. The van der Waals surface area contributed by atoms with Gasteiger partial charge in [0.05, 0.1) is 6.54 Å². The lowest BCUT2D eigenvalue weighted by molar-refractivity contribution is -0.132. The van der Waals surface area contributed by atoms with Crippen molar-refractivity contribution in [1.29, 1.82) is 0 Å². The van der Waals surface area contributed by atoms with Crippen LogP contribution in [-0.2, 0) is 17.9 Å². The number of hydrogen-bond acceptors (Lipinski definition) is 2. The van der Waals surface area contributed by atoms with E-state index in [-0.39, 0.29) is 18.3 Å². The molecule has 0 atom stereocenters. The first-order valence-electron chi connectivity index (χ1n) is 8.49. The van der Waals surface area contributed by atoms with Crippen LogP contribution in [0.5, 0.6) is 0 Å². The quantitative estimate of drug-likeness (QED) is 0.742. The molecular weight excluding hydrogens is 339 g/mol. The summed E-state index contributed by atoms with van der Waals surface area (Å²) in [5.41, 5.74) is 1.68. The van der Waals surface area contributed by atoms with Crippen LogP contribution in [0.3, 0.4) is 0 Å². The Labute approximate surface area is 153 Å². The topological polar surface area (TPSA) is 23.6 Å². The van der Waals surface area contributed by atoms with Gasteiger partial charge in [0.15, 0.2) is 0 Å². The molecule has 0 radical (unpaired) electrons. The molecule has 132 valence electrons. The lowest BCUT2D eigenvalue weighted by Gasteiger charge is -2.25. The van der Waals surface area contributed by atoms with E-state index in [0.717, 1.165) is 24.9 Å². The SMILES string of the molecule is CN(Cc1ccccc1F)C(=O)CN(Cc1ccc(Cl)cc1)C1CC1. The number of benzene rings is 2. The Morgan fingerprint density at radius 3 is 2.44 bits per heavy atom. The van der Waals surface area contributed by atoms with Crippen LogP contribution in [0.4, 0.5) is 4.39 Å². The highest BCUT2D eigenvalue weighted by atomic mass is 35.5. The minimum absolute atomic E-state index is 0.00381. The average Bonchev–Trinajstić information content (AvgIpc) is 3.43. The molecule has 2 aromatic rings. The summed E-state index contributed by atoms with van der Waals surface area (Å²) in [6, 6.07) is 14.8. The molecule has 0 aliphatic heterocycles. The first-order valence-corrected chi connectivity index (χ1v) is 8.86. The van der Waals surface area contributed by atoms with E-state index in [2.05, 4.69) is 4.90 Å². The van der Waals surface area contributed by atoms with Crippen molar-refractivity contribution in [3.8, 4) is 0 Å². The number of rotatable bonds is 7. The van der Waals surface area contributed by atoms with Gasteiger partial charge >= 0.3 is 0 Å². The fourth-order valence-corrected chi connectivity index (χ4v) is 2.97. The first-order chi connectivity index (χ1) is 12.0. The standard InChI is InChI=1S/C20H22ClFN2O/c1-23(13-16-4-2-3-5-19(16)22)20(25)14-24(18-10-11-18)12-15-6-8-17(21)9-7-15/h2-9,18H,10-14H2,1H3. The molecule has 3 rings (SSSR count). The van der Waals surface area contributed by atoms with Crippen molar-refractivity contribution in [2.45, 2.75) is 32.0 Å². The minimum Gasteiger partial charge on any atom is -0.340 e. The van der Waals surface area contributed by atoms with Gasteiger partial charge in [0.25, 0.3) is 0 Å². The van der Waals surface area contributed by atoms with Crippen LogP contribution < -0.4 is 0 Å². The Morgan fingerprint density at radius 1 is 1.12 bits per heavy atom. The molecule has 2 aromatic carbocycles. The molecule has 0 unspecified atom stereocenters. The van der Waals surface area contributed by atoms with Crippen molar-refractivity contribution in [1.82, 2.24) is 9.80 Å². The van der Waals surface area contributed by atoms with Gasteiger partial charge in [-0.2, -0.15) is 0 Å². The Hall–Kier alpha value is -1.91. The fourth-order valence-electron chi connectivity index (χ4n) is 2.84. The maximum Gasteiger partial charge on any atom is 0.236 e. The molecule has 0 bridgehead atoms. The van der Waals surface area contributed by atoms with Gasteiger partial charge in [-0.3, -0.25) is 9.69 Å². The van der Waals surface area contributed by atoms with Crippen molar-refractivity contribution in [3.05, 3.63) is 70.5 Å². The van der Waals surface area contributed by atoms with E-state index in [9.17, 15) is 9.18 Å². The molecule has 0 N–H and O–H groups in total. The van der Waals surface area contributed by atoms with Gasteiger partial charge in [-0.15, -0.1) is 0 Å². The highest BCUT2D eigenvalue weighted by Gasteiger charge is 2.31. The molecule has 5 heteroatoms. The van der Waals surface area contributed by atoms with Crippen LogP contribution in [0, 0.1) is 5.82 Å². The molecule has 1 aliphatic rings. The second-order valence-corrected chi connectivity index (χ2v) is 7.04. The minimum atomic E-state index is -0.276. The molecule has 0 heterocycles. The third-order valence-electron chi connectivity index (χ3n) is 4.49. The molecule has 3 nitrogen and oxygen atoms in total. The number of halogens is 2. The highest BCUT2D eigenvalue weighted by molar-refractivity contribution is 6.30. The number of hydrogen-bond donors (Lipinski definition) is 0. The Balaban J connectivity index is 1.60. The maximum absolute atomic E-state index is 13.8. The predicted octanol–water partition coefficient (Wildman–Crippen LogP) is 4.10. The Morgan fingerprint density at radius 2 is 1.80 bits per heavy atom. The Bertz CT molecular complexity index is 731. The third kappa shape index (κ3) is 5.03. The van der Waals surface area contributed by atoms with Crippen LogP contribution in [0.2, 0.25) is 5.02 Å². The molecule has 1 amide bonds. The van der Waals surface area contributed by atoms with E-state index in [0.29, 0.717) is 23.2 Å². The second-order valence-electron chi connectivity index (χ2n) is 6.60. The largest absolute Gasteiger partial charge is 0.340 e. The summed E-state index contributed by atoms with van der Waals surface area (Å²) in [7, 11) is 1.72. The zero-order chi connectivity index (χ0) is 17.8. The smallest absolute Gasteiger partial charge is 0.236 e. The van der Waals surface area contributed by atoms with E-state index < -0.39 is 0 Å². The number of nitrogens with zero attached hydrogens (tertiary/aromatic N) is 2. The molecule has 1 fully saturated rings. The predicted molar refractivity (Wildman–Crippen MR) is 97.8 cm³/mol. The molecule has 0 aromatic heterocycles. The number of likely N-dealkylation sites (N-methyl/N-ethyl adjacent to an activating group) is 1. The summed E-state index contributed by atoms with van der Waals surface area (Å²) in [5.74, 6) is -0.272. The van der Waals surface area contributed by atoms with Crippen molar-refractivity contribution >= 4 is 17.5 Å².